The summed E-state index contributed by atoms with van der Waals surface area (Å²) in [6.07, 6.45) is 4.73. The fraction of sp³-hybridized carbons (Fsp3) is 0.448. The van der Waals surface area contributed by atoms with E-state index >= 15 is 0 Å². The molecule has 1 heterocycles. The lowest BCUT2D eigenvalue weighted by Crippen LogP contribution is -2.53. The van der Waals surface area contributed by atoms with Gasteiger partial charge in [-0.1, -0.05) is 67.9 Å². The highest BCUT2D eigenvalue weighted by Gasteiger charge is 2.43. The maximum absolute atomic E-state index is 13.6. The number of halogens is 1. The molecule has 1 N–H and O–H groups in total. The van der Waals surface area contributed by atoms with Crippen molar-refractivity contribution >= 4 is 23.4 Å². The van der Waals surface area contributed by atoms with Crippen molar-refractivity contribution in [3.05, 3.63) is 76.3 Å². The zero-order valence-electron chi connectivity index (χ0n) is 21.6. The third-order valence-corrected chi connectivity index (χ3v) is 7.02. The van der Waals surface area contributed by atoms with Crippen LogP contribution in [0.5, 0.6) is 5.75 Å². The molecule has 2 aromatic carbocycles. The van der Waals surface area contributed by atoms with Gasteiger partial charge in [0.2, 0.25) is 11.8 Å². The Morgan fingerprint density at radius 3 is 2.72 bits per heavy atom. The van der Waals surface area contributed by atoms with Gasteiger partial charge in [-0.25, -0.2) is 0 Å². The summed E-state index contributed by atoms with van der Waals surface area (Å²) < 4.78 is 11.4. The van der Waals surface area contributed by atoms with Gasteiger partial charge in [0.25, 0.3) is 0 Å². The molecule has 1 fully saturated rings. The van der Waals surface area contributed by atoms with Gasteiger partial charge in [-0.3, -0.25) is 9.59 Å². The Bertz CT molecular complexity index is 1070. The topological polar surface area (TPSA) is 67.9 Å². The number of methoxy groups -OCH3 is 1. The number of nitrogens with one attached hydrogen (secondary N) is 1. The lowest BCUT2D eigenvalue weighted by atomic mass is 9.79. The molecule has 0 radical (unpaired) electrons. The van der Waals surface area contributed by atoms with Gasteiger partial charge >= 0.3 is 0 Å². The Balaban J connectivity index is 0.00000176. The molecule has 1 aliphatic carbocycles. The van der Waals surface area contributed by atoms with Gasteiger partial charge in [-0.15, -0.1) is 0 Å². The molecule has 2 bridgehead atoms. The van der Waals surface area contributed by atoms with Gasteiger partial charge in [0.05, 0.1) is 31.7 Å². The first-order chi connectivity index (χ1) is 17.5. The van der Waals surface area contributed by atoms with Crippen LogP contribution in [-0.4, -0.2) is 49.6 Å². The number of amides is 2. The van der Waals surface area contributed by atoms with E-state index in [4.69, 9.17) is 21.1 Å². The second kappa shape index (κ2) is 13.5. The molecule has 2 amide bonds. The van der Waals surface area contributed by atoms with Gasteiger partial charge in [0.1, 0.15) is 5.75 Å². The Morgan fingerprint density at radius 2 is 2.00 bits per heavy atom. The number of fused-ring (bicyclic) bond motifs is 2. The van der Waals surface area contributed by atoms with E-state index in [2.05, 4.69) is 11.4 Å². The number of hydrogen-bond acceptors (Lipinski definition) is 4. The minimum absolute atomic E-state index is 0.0146. The average Bonchev–Trinajstić information content (AvgIpc) is 2.90. The van der Waals surface area contributed by atoms with E-state index in [1.807, 2.05) is 68.2 Å². The molecule has 6 nitrogen and oxygen atoms in total. The van der Waals surface area contributed by atoms with Crippen LogP contribution in [0.25, 0.3) is 0 Å². The molecule has 2 aliphatic rings. The lowest BCUT2D eigenvalue weighted by molar-refractivity contribution is -0.151. The summed E-state index contributed by atoms with van der Waals surface area (Å²) in [5, 5.41) is 3.58. The molecule has 1 saturated heterocycles. The lowest BCUT2D eigenvalue weighted by Gasteiger charge is -2.39. The van der Waals surface area contributed by atoms with Gasteiger partial charge in [-0.2, -0.15) is 0 Å². The van der Waals surface area contributed by atoms with Gasteiger partial charge in [0, 0.05) is 24.7 Å². The zero-order valence-corrected chi connectivity index (χ0v) is 22.4. The molecule has 4 rings (SSSR count). The molecule has 194 valence electrons. The normalized spacial score (nSPS) is 21.1. The number of ether oxygens (including phenoxy) is 2. The molecule has 3 atom stereocenters. The van der Waals surface area contributed by atoms with Crippen LogP contribution in [0.4, 0.5) is 0 Å². The molecule has 0 aromatic heterocycles. The third kappa shape index (κ3) is 6.68. The molecule has 36 heavy (non-hydrogen) atoms. The van der Waals surface area contributed by atoms with E-state index < -0.39 is 17.9 Å². The van der Waals surface area contributed by atoms with Crippen LogP contribution in [0.1, 0.15) is 37.0 Å². The number of benzene rings is 2. The fourth-order valence-corrected chi connectivity index (χ4v) is 4.97. The van der Waals surface area contributed by atoms with Crippen molar-refractivity contribution < 1.29 is 19.1 Å². The van der Waals surface area contributed by atoms with Crippen molar-refractivity contribution in [1.82, 2.24) is 10.2 Å². The Morgan fingerprint density at radius 1 is 1.22 bits per heavy atom. The summed E-state index contributed by atoms with van der Waals surface area (Å²) in [6.45, 7) is 7.81. The van der Waals surface area contributed by atoms with Crippen molar-refractivity contribution in [2.24, 2.45) is 11.8 Å². The fourth-order valence-electron chi connectivity index (χ4n) is 4.77. The van der Waals surface area contributed by atoms with Crippen LogP contribution in [0.15, 0.2) is 54.6 Å². The number of allylic oxidation sites excluding steroid dienone is 1. The maximum atomic E-state index is 13.6. The van der Waals surface area contributed by atoms with E-state index in [-0.39, 0.29) is 11.8 Å². The summed E-state index contributed by atoms with van der Waals surface area (Å²) in [7, 11) is 1.66. The van der Waals surface area contributed by atoms with Crippen molar-refractivity contribution in [2.75, 3.05) is 26.8 Å². The number of nitrogens with zero attached hydrogens (tertiary/aromatic N) is 1. The highest BCUT2D eigenvalue weighted by Crippen LogP contribution is 2.32. The van der Waals surface area contributed by atoms with Crippen LogP contribution in [0.2, 0.25) is 5.02 Å². The molecule has 0 saturated carbocycles. The van der Waals surface area contributed by atoms with Crippen LogP contribution in [0, 0.1) is 18.8 Å². The monoisotopic (exact) mass is 512 g/mol. The maximum Gasteiger partial charge on any atom is 0.227 e. The molecular formula is C29H37ClN2O4. The van der Waals surface area contributed by atoms with Crippen LogP contribution < -0.4 is 10.1 Å². The first-order valence-corrected chi connectivity index (χ1v) is 13.1. The zero-order chi connectivity index (χ0) is 26.1. The third-order valence-electron chi connectivity index (χ3n) is 6.65. The number of rotatable bonds is 7. The molecular weight excluding hydrogens is 476 g/mol. The molecule has 1 aliphatic heterocycles. The highest BCUT2D eigenvalue weighted by atomic mass is 35.5. The van der Waals surface area contributed by atoms with Crippen LogP contribution >= 0.6 is 11.6 Å². The summed E-state index contributed by atoms with van der Waals surface area (Å²) in [5.41, 5.74) is 3.05. The number of hydrogen-bond donors (Lipinski definition) is 1. The van der Waals surface area contributed by atoms with Crippen molar-refractivity contribution in [2.45, 2.75) is 46.3 Å². The summed E-state index contributed by atoms with van der Waals surface area (Å²) in [5.74, 6) is -0.323. The van der Waals surface area contributed by atoms with E-state index in [0.717, 1.165) is 28.9 Å². The number of carbonyl (C=O) groups is 2. The summed E-state index contributed by atoms with van der Waals surface area (Å²) in [6, 6.07) is 13.5. The summed E-state index contributed by atoms with van der Waals surface area (Å²) in [4.78, 5) is 28.6. The quantitative estimate of drug-likeness (QED) is 0.532. The van der Waals surface area contributed by atoms with Crippen LogP contribution in [0.3, 0.4) is 0 Å². The van der Waals surface area contributed by atoms with Gasteiger partial charge in [-0.05, 0) is 48.6 Å². The second-order valence-corrected chi connectivity index (χ2v) is 9.23. The standard InChI is InChI=1S/C27H31ClN2O4.C2H6/c1-18-16-19(10-11-23(18)33-2)12-13-30-14-15-34-24-9-5-7-21(27(30)32)25(24)26(31)29-17-20-6-3-4-8-22(20)28;1-2/h3-6,8-11,16,21,24-25H,7,12-15,17H2,1-2H3,(H,29,31);1-2H3. The number of carbonyl (C=O) groups excluding carboxylic acids is 2. The Labute approximate surface area is 219 Å². The Hall–Kier alpha value is -2.83. The number of aryl methyl sites for hydroxylation is 1. The van der Waals surface area contributed by atoms with Crippen molar-refractivity contribution in [3.63, 3.8) is 0 Å². The highest BCUT2D eigenvalue weighted by molar-refractivity contribution is 6.31. The van der Waals surface area contributed by atoms with Crippen LogP contribution in [-0.2, 0) is 27.3 Å². The minimum Gasteiger partial charge on any atom is -0.496 e. The molecule has 2 aromatic rings. The first-order valence-electron chi connectivity index (χ1n) is 12.7. The average molecular weight is 513 g/mol. The van der Waals surface area contributed by atoms with E-state index in [1.54, 1.807) is 13.2 Å². The van der Waals surface area contributed by atoms with Crippen molar-refractivity contribution in [3.8, 4) is 5.75 Å². The van der Waals surface area contributed by atoms with E-state index in [0.29, 0.717) is 37.7 Å². The minimum atomic E-state index is -0.564. The second-order valence-electron chi connectivity index (χ2n) is 8.82. The van der Waals surface area contributed by atoms with E-state index in [9.17, 15) is 9.59 Å². The predicted octanol–water partition coefficient (Wildman–Crippen LogP) is 4.96. The first kappa shape index (κ1) is 27.8. The van der Waals surface area contributed by atoms with Crippen molar-refractivity contribution in [1.29, 1.82) is 0 Å². The molecule has 0 spiro atoms. The van der Waals surface area contributed by atoms with Gasteiger partial charge < -0.3 is 19.7 Å². The summed E-state index contributed by atoms with van der Waals surface area (Å²) >= 11 is 6.24. The predicted molar refractivity (Wildman–Crippen MR) is 143 cm³/mol. The van der Waals surface area contributed by atoms with E-state index in [1.165, 1.54) is 0 Å². The largest absolute Gasteiger partial charge is 0.496 e. The molecule has 3 unspecified atom stereocenters. The van der Waals surface area contributed by atoms with Gasteiger partial charge in [0.15, 0.2) is 0 Å². The smallest absolute Gasteiger partial charge is 0.227 e. The Kier molecular flexibility index (Phi) is 10.4. The molecule has 7 heteroatoms. The SMILES string of the molecule is CC.COc1ccc(CCN2CCOC3C=CCC(C2=O)C3C(=O)NCc2ccccc2Cl)cc1C.